The molecule has 0 aliphatic heterocycles. The Labute approximate surface area is 126 Å². The number of hydrogen-bond donors (Lipinski definition) is 1. The highest BCUT2D eigenvalue weighted by atomic mass is 32.1. The van der Waals surface area contributed by atoms with E-state index in [-0.39, 0.29) is 0 Å². The molecule has 2 heterocycles. The van der Waals surface area contributed by atoms with Gasteiger partial charge < -0.3 is 14.8 Å². The quantitative estimate of drug-likeness (QED) is 0.795. The van der Waals surface area contributed by atoms with Gasteiger partial charge >= 0.3 is 0 Å². The van der Waals surface area contributed by atoms with E-state index in [1.165, 1.54) is 0 Å². The lowest BCUT2D eigenvalue weighted by atomic mass is 10.2. The van der Waals surface area contributed by atoms with Crippen molar-refractivity contribution in [2.75, 3.05) is 19.5 Å². The summed E-state index contributed by atoms with van der Waals surface area (Å²) >= 11 is 1.60. The van der Waals surface area contributed by atoms with Crippen LogP contribution in [0.3, 0.4) is 0 Å². The molecule has 0 unspecified atom stereocenters. The van der Waals surface area contributed by atoms with Gasteiger partial charge in [-0.3, -0.25) is 0 Å². The van der Waals surface area contributed by atoms with E-state index in [1.807, 2.05) is 36.6 Å². The van der Waals surface area contributed by atoms with Gasteiger partial charge in [-0.1, -0.05) is 0 Å². The van der Waals surface area contributed by atoms with Gasteiger partial charge in [-0.2, -0.15) is 0 Å². The number of methoxy groups -OCH3 is 2. The molecule has 108 valence electrons. The number of anilines is 2. The summed E-state index contributed by atoms with van der Waals surface area (Å²) in [6.07, 6.45) is 0. The van der Waals surface area contributed by atoms with Crippen LogP contribution in [0.4, 0.5) is 11.5 Å². The number of aryl methyl sites for hydroxylation is 1. The third kappa shape index (κ3) is 2.75. The second-order valence-corrected chi connectivity index (χ2v) is 5.38. The SMILES string of the molecule is COc1cc(Nc2nc(C)nc3sccc23)cc(OC)c1. The fourth-order valence-corrected chi connectivity index (χ4v) is 2.88. The summed E-state index contributed by atoms with van der Waals surface area (Å²) in [5, 5.41) is 6.34. The number of hydrogen-bond acceptors (Lipinski definition) is 6. The molecule has 0 fully saturated rings. The highest BCUT2D eigenvalue weighted by molar-refractivity contribution is 7.16. The van der Waals surface area contributed by atoms with Gasteiger partial charge in [-0.05, 0) is 18.4 Å². The van der Waals surface area contributed by atoms with Crippen LogP contribution in [0.25, 0.3) is 10.2 Å². The maximum atomic E-state index is 5.28. The lowest BCUT2D eigenvalue weighted by Crippen LogP contribution is -1.98. The molecule has 2 aromatic heterocycles. The zero-order valence-corrected chi connectivity index (χ0v) is 12.8. The molecule has 0 saturated heterocycles. The third-order valence-corrected chi connectivity index (χ3v) is 3.86. The standard InChI is InChI=1S/C15H15N3O2S/c1-9-16-14(13-4-5-21-15(13)17-9)18-10-6-11(19-2)8-12(7-10)20-3/h4-8H,1-3H3,(H,16,17,18). The first kappa shape index (κ1) is 13.6. The van der Waals surface area contributed by atoms with E-state index in [1.54, 1.807) is 25.6 Å². The van der Waals surface area contributed by atoms with Crippen LogP contribution in [-0.4, -0.2) is 24.2 Å². The Kier molecular flexibility index (Phi) is 3.62. The van der Waals surface area contributed by atoms with E-state index in [9.17, 15) is 0 Å². The molecule has 0 aliphatic carbocycles. The average molecular weight is 301 g/mol. The van der Waals surface area contributed by atoms with E-state index in [0.29, 0.717) is 0 Å². The molecule has 0 bridgehead atoms. The third-order valence-electron chi connectivity index (χ3n) is 3.05. The number of aromatic nitrogens is 2. The van der Waals surface area contributed by atoms with Crippen LogP contribution in [0.15, 0.2) is 29.6 Å². The van der Waals surface area contributed by atoms with E-state index in [0.717, 1.165) is 39.0 Å². The maximum absolute atomic E-state index is 5.28. The summed E-state index contributed by atoms with van der Waals surface area (Å²) in [4.78, 5) is 9.88. The molecule has 0 spiro atoms. The van der Waals surface area contributed by atoms with Gasteiger partial charge in [0.1, 0.15) is 28.0 Å². The number of thiophene rings is 1. The minimum Gasteiger partial charge on any atom is -0.497 e. The summed E-state index contributed by atoms with van der Waals surface area (Å²) in [5.74, 6) is 2.98. The van der Waals surface area contributed by atoms with Crippen molar-refractivity contribution < 1.29 is 9.47 Å². The predicted octanol–water partition coefficient (Wildman–Crippen LogP) is 3.76. The lowest BCUT2D eigenvalue weighted by Gasteiger charge is -2.11. The second-order valence-electron chi connectivity index (χ2n) is 4.49. The topological polar surface area (TPSA) is 56.3 Å². The van der Waals surface area contributed by atoms with Crippen molar-refractivity contribution in [1.29, 1.82) is 0 Å². The van der Waals surface area contributed by atoms with Crippen LogP contribution in [0, 0.1) is 6.92 Å². The smallest absolute Gasteiger partial charge is 0.142 e. The van der Waals surface area contributed by atoms with Crippen LogP contribution in [-0.2, 0) is 0 Å². The van der Waals surface area contributed by atoms with Crippen molar-refractivity contribution in [3.05, 3.63) is 35.5 Å². The zero-order valence-electron chi connectivity index (χ0n) is 12.0. The molecule has 0 radical (unpaired) electrons. The Bertz CT molecular complexity index is 763. The minimum atomic E-state index is 0.726. The Morgan fingerprint density at radius 3 is 2.43 bits per heavy atom. The molecular formula is C15H15N3O2S. The molecule has 0 atom stereocenters. The van der Waals surface area contributed by atoms with Crippen LogP contribution < -0.4 is 14.8 Å². The molecule has 6 heteroatoms. The van der Waals surface area contributed by atoms with Crippen LogP contribution >= 0.6 is 11.3 Å². The lowest BCUT2D eigenvalue weighted by molar-refractivity contribution is 0.395. The van der Waals surface area contributed by atoms with E-state index >= 15 is 0 Å². The first-order valence-electron chi connectivity index (χ1n) is 6.41. The number of nitrogens with one attached hydrogen (secondary N) is 1. The molecule has 0 saturated carbocycles. The monoisotopic (exact) mass is 301 g/mol. The van der Waals surface area contributed by atoms with Crippen molar-refractivity contribution in [2.45, 2.75) is 6.92 Å². The number of fused-ring (bicyclic) bond motifs is 1. The number of ether oxygens (including phenoxy) is 2. The summed E-state index contributed by atoms with van der Waals surface area (Å²) in [6, 6.07) is 7.64. The number of rotatable bonds is 4. The van der Waals surface area contributed by atoms with E-state index in [2.05, 4.69) is 15.3 Å². The van der Waals surface area contributed by atoms with Crippen molar-refractivity contribution in [2.24, 2.45) is 0 Å². The van der Waals surface area contributed by atoms with Gasteiger partial charge in [-0.25, -0.2) is 9.97 Å². The summed E-state index contributed by atoms with van der Waals surface area (Å²) in [6.45, 7) is 1.89. The minimum absolute atomic E-state index is 0.726. The largest absolute Gasteiger partial charge is 0.497 e. The summed E-state index contributed by atoms with van der Waals surface area (Å²) < 4.78 is 10.6. The highest BCUT2D eigenvalue weighted by Gasteiger charge is 2.09. The predicted molar refractivity (Wildman–Crippen MR) is 85.0 cm³/mol. The van der Waals surface area contributed by atoms with Crippen LogP contribution in [0.1, 0.15) is 5.82 Å². The first-order chi connectivity index (χ1) is 10.2. The molecular weight excluding hydrogens is 286 g/mol. The molecule has 0 amide bonds. The van der Waals surface area contributed by atoms with E-state index in [4.69, 9.17) is 9.47 Å². The van der Waals surface area contributed by atoms with Crippen molar-refractivity contribution in [1.82, 2.24) is 9.97 Å². The molecule has 1 N–H and O–H groups in total. The molecule has 3 aromatic rings. The Balaban J connectivity index is 2.03. The summed E-state index contributed by atoms with van der Waals surface area (Å²) in [7, 11) is 3.26. The molecule has 1 aromatic carbocycles. The molecule has 5 nitrogen and oxygen atoms in total. The van der Waals surface area contributed by atoms with Gasteiger partial charge in [0.05, 0.1) is 19.6 Å². The highest BCUT2D eigenvalue weighted by Crippen LogP contribution is 2.31. The van der Waals surface area contributed by atoms with Crippen LogP contribution in [0.5, 0.6) is 11.5 Å². The molecule has 21 heavy (non-hydrogen) atoms. The van der Waals surface area contributed by atoms with E-state index < -0.39 is 0 Å². The first-order valence-corrected chi connectivity index (χ1v) is 7.29. The fourth-order valence-electron chi connectivity index (χ4n) is 2.07. The van der Waals surface area contributed by atoms with Crippen molar-refractivity contribution in [3.8, 4) is 11.5 Å². The van der Waals surface area contributed by atoms with Gasteiger partial charge in [0.25, 0.3) is 0 Å². The normalized spacial score (nSPS) is 10.6. The Morgan fingerprint density at radius 2 is 1.76 bits per heavy atom. The van der Waals surface area contributed by atoms with Gasteiger partial charge in [0.2, 0.25) is 0 Å². The Hall–Kier alpha value is -2.34. The van der Waals surface area contributed by atoms with Gasteiger partial charge in [0.15, 0.2) is 0 Å². The summed E-state index contributed by atoms with van der Waals surface area (Å²) in [5.41, 5.74) is 0.858. The zero-order chi connectivity index (χ0) is 14.8. The molecule has 3 rings (SSSR count). The van der Waals surface area contributed by atoms with Gasteiger partial charge in [0, 0.05) is 23.9 Å². The van der Waals surface area contributed by atoms with Crippen LogP contribution in [0.2, 0.25) is 0 Å². The molecule has 0 aliphatic rings. The second kappa shape index (κ2) is 5.57. The van der Waals surface area contributed by atoms with Gasteiger partial charge in [-0.15, -0.1) is 11.3 Å². The average Bonchev–Trinajstić information content (AvgIpc) is 2.95. The maximum Gasteiger partial charge on any atom is 0.142 e. The van der Waals surface area contributed by atoms with Crippen molar-refractivity contribution >= 4 is 33.1 Å². The number of nitrogens with zero attached hydrogens (tertiary/aromatic N) is 2. The fraction of sp³-hybridized carbons (Fsp3) is 0.200. The number of benzene rings is 1. The van der Waals surface area contributed by atoms with Crippen molar-refractivity contribution in [3.63, 3.8) is 0 Å². The Morgan fingerprint density at radius 1 is 1.05 bits per heavy atom.